The van der Waals surface area contributed by atoms with E-state index in [1.54, 1.807) is 0 Å². The minimum Gasteiger partial charge on any atom is -0.379 e. The van der Waals surface area contributed by atoms with Crippen LogP contribution in [-0.4, -0.2) is 49.8 Å². The quantitative estimate of drug-likeness (QED) is 0.697. The van der Waals surface area contributed by atoms with Crippen LogP contribution in [-0.2, 0) is 4.74 Å². The summed E-state index contributed by atoms with van der Waals surface area (Å²) in [7, 11) is 2.05. The zero-order chi connectivity index (χ0) is 12.0. The summed E-state index contributed by atoms with van der Waals surface area (Å²) >= 11 is 0. The maximum Gasteiger partial charge on any atom is 0.0594 e. The van der Waals surface area contributed by atoms with E-state index in [0.29, 0.717) is 6.04 Å². The van der Waals surface area contributed by atoms with Crippen molar-refractivity contribution in [3.05, 3.63) is 12.7 Å². The summed E-state index contributed by atoms with van der Waals surface area (Å²) in [5, 5.41) is 3.44. The minimum atomic E-state index is 0.182. The van der Waals surface area contributed by atoms with Crippen molar-refractivity contribution in [1.82, 2.24) is 10.2 Å². The molecule has 16 heavy (non-hydrogen) atoms. The molecule has 1 rings (SSSR count). The first-order chi connectivity index (χ1) is 7.62. The van der Waals surface area contributed by atoms with Gasteiger partial charge in [0.2, 0.25) is 0 Å². The van der Waals surface area contributed by atoms with E-state index < -0.39 is 0 Å². The Balaban J connectivity index is 2.59. The fourth-order valence-electron chi connectivity index (χ4n) is 2.50. The van der Waals surface area contributed by atoms with Gasteiger partial charge in [-0.2, -0.15) is 0 Å². The molecule has 0 aromatic heterocycles. The van der Waals surface area contributed by atoms with Crippen LogP contribution in [0.25, 0.3) is 0 Å². The standard InChI is InChI=1S/C13H26N2O/c1-5-6-7-12(14-4)13(2,3)15-8-10-16-11-9-15/h5,12,14H,1,6-11H2,2-4H3. The van der Waals surface area contributed by atoms with Crippen LogP contribution in [0.15, 0.2) is 12.7 Å². The molecule has 1 saturated heterocycles. The van der Waals surface area contributed by atoms with Crippen molar-refractivity contribution in [3.8, 4) is 0 Å². The number of allylic oxidation sites excluding steroid dienone is 1. The highest BCUT2D eigenvalue weighted by Crippen LogP contribution is 2.23. The van der Waals surface area contributed by atoms with Crippen LogP contribution < -0.4 is 5.32 Å². The largest absolute Gasteiger partial charge is 0.379 e. The number of nitrogens with one attached hydrogen (secondary N) is 1. The Hall–Kier alpha value is -0.380. The van der Waals surface area contributed by atoms with Crippen molar-refractivity contribution in [2.75, 3.05) is 33.4 Å². The number of rotatable bonds is 6. The second kappa shape index (κ2) is 6.38. The SMILES string of the molecule is C=CCCC(NC)C(C)(C)N1CCOCC1. The lowest BCUT2D eigenvalue weighted by Crippen LogP contribution is -2.59. The highest BCUT2D eigenvalue weighted by Gasteiger charge is 2.34. The average molecular weight is 226 g/mol. The molecule has 0 aromatic carbocycles. The van der Waals surface area contributed by atoms with Gasteiger partial charge in [-0.25, -0.2) is 0 Å². The van der Waals surface area contributed by atoms with E-state index in [1.165, 1.54) is 0 Å². The highest BCUT2D eigenvalue weighted by molar-refractivity contribution is 4.94. The van der Waals surface area contributed by atoms with Crippen LogP contribution in [0.2, 0.25) is 0 Å². The number of nitrogens with zero attached hydrogens (tertiary/aromatic N) is 1. The van der Waals surface area contributed by atoms with Crippen molar-refractivity contribution >= 4 is 0 Å². The maximum atomic E-state index is 5.41. The smallest absolute Gasteiger partial charge is 0.0594 e. The van der Waals surface area contributed by atoms with Crippen LogP contribution in [0.4, 0.5) is 0 Å². The molecule has 94 valence electrons. The molecular weight excluding hydrogens is 200 g/mol. The van der Waals surface area contributed by atoms with Crippen molar-refractivity contribution < 1.29 is 4.74 Å². The third-order valence-corrected chi connectivity index (χ3v) is 3.69. The molecule has 0 spiro atoms. The Morgan fingerprint density at radius 2 is 2.06 bits per heavy atom. The first kappa shape index (κ1) is 13.7. The predicted molar refractivity (Wildman–Crippen MR) is 68.7 cm³/mol. The predicted octanol–water partition coefficient (Wildman–Crippen LogP) is 1.65. The molecule has 3 heteroatoms. The molecule has 1 unspecified atom stereocenters. The molecule has 0 saturated carbocycles. The molecular formula is C13H26N2O. The number of likely N-dealkylation sites (N-methyl/N-ethyl adjacent to an activating group) is 1. The van der Waals surface area contributed by atoms with Gasteiger partial charge >= 0.3 is 0 Å². The normalized spacial score (nSPS) is 20.7. The van der Waals surface area contributed by atoms with Gasteiger partial charge in [-0.15, -0.1) is 6.58 Å². The molecule has 1 atom stereocenters. The van der Waals surface area contributed by atoms with E-state index in [-0.39, 0.29) is 5.54 Å². The third kappa shape index (κ3) is 3.30. The van der Waals surface area contributed by atoms with Gasteiger partial charge in [0.15, 0.2) is 0 Å². The van der Waals surface area contributed by atoms with Gasteiger partial charge in [-0.1, -0.05) is 6.08 Å². The van der Waals surface area contributed by atoms with E-state index in [2.05, 4.69) is 37.7 Å². The van der Waals surface area contributed by atoms with Gasteiger partial charge in [0, 0.05) is 24.7 Å². The molecule has 0 radical (unpaired) electrons. The zero-order valence-corrected chi connectivity index (χ0v) is 11.0. The van der Waals surface area contributed by atoms with Crippen LogP contribution >= 0.6 is 0 Å². The Bertz CT molecular complexity index is 210. The average Bonchev–Trinajstić information content (AvgIpc) is 2.31. The van der Waals surface area contributed by atoms with Gasteiger partial charge in [0.25, 0.3) is 0 Å². The molecule has 1 heterocycles. The lowest BCUT2D eigenvalue weighted by atomic mass is 9.88. The number of ether oxygens (including phenoxy) is 1. The molecule has 1 fully saturated rings. The molecule has 1 aliphatic rings. The number of morpholine rings is 1. The Morgan fingerprint density at radius 3 is 2.56 bits per heavy atom. The summed E-state index contributed by atoms with van der Waals surface area (Å²) in [5.74, 6) is 0. The van der Waals surface area contributed by atoms with Crippen LogP contribution in [0.1, 0.15) is 26.7 Å². The van der Waals surface area contributed by atoms with E-state index in [1.807, 2.05) is 6.08 Å². The van der Waals surface area contributed by atoms with E-state index in [9.17, 15) is 0 Å². The Kier molecular flexibility index (Phi) is 5.46. The molecule has 1 N–H and O–H groups in total. The zero-order valence-electron chi connectivity index (χ0n) is 11.0. The van der Waals surface area contributed by atoms with Crippen molar-refractivity contribution in [2.45, 2.75) is 38.3 Å². The summed E-state index contributed by atoms with van der Waals surface area (Å²) in [4.78, 5) is 2.53. The van der Waals surface area contributed by atoms with Gasteiger partial charge in [0.05, 0.1) is 13.2 Å². The monoisotopic (exact) mass is 226 g/mol. The fourth-order valence-corrected chi connectivity index (χ4v) is 2.50. The lowest BCUT2D eigenvalue weighted by Gasteiger charge is -2.45. The lowest BCUT2D eigenvalue weighted by molar-refractivity contribution is -0.0233. The van der Waals surface area contributed by atoms with Gasteiger partial charge in [-0.05, 0) is 33.7 Å². The molecule has 3 nitrogen and oxygen atoms in total. The first-order valence-electron chi connectivity index (χ1n) is 6.24. The summed E-state index contributed by atoms with van der Waals surface area (Å²) in [6, 6.07) is 0.503. The second-order valence-electron chi connectivity index (χ2n) is 4.96. The molecule has 0 amide bonds. The summed E-state index contributed by atoms with van der Waals surface area (Å²) in [6.45, 7) is 12.3. The van der Waals surface area contributed by atoms with Crippen molar-refractivity contribution in [3.63, 3.8) is 0 Å². The maximum absolute atomic E-state index is 5.41. The summed E-state index contributed by atoms with van der Waals surface area (Å²) < 4.78 is 5.41. The first-order valence-corrected chi connectivity index (χ1v) is 6.24. The molecule has 1 aliphatic heterocycles. The Labute approximate surface area is 99.8 Å². The van der Waals surface area contributed by atoms with Gasteiger partial charge in [0.1, 0.15) is 0 Å². The minimum absolute atomic E-state index is 0.182. The van der Waals surface area contributed by atoms with E-state index >= 15 is 0 Å². The summed E-state index contributed by atoms with van der Waals surface area (Å²) in [5.41, 5.74) is 0.182. The molecule has 0 aliphatic carbocycles. The fraction of sp³-hybridized carbons (Fsp3) is 0.846. The summed E-state index contributed by atoms with van der Waals surface area (Å²) in [6.07, 6.45) is 4.21. The third-order valence-electron chi connectivity index (χ3n) is 3.69. The van der Waals surface area contributed by atoms with Gasteiger partial charge in [-0.3, -0.25) is 4.90 Å². The highest BCUT2D eigenvalue weighted by atomic mass is 16.5. The van der Waals surface area contributed by atoms with Crippen molar-refractivity contribution in [1.29, 1.82) is 0 Å². The van der Waals surface area contributed by atoms with E-state index in [4.69, 9.17) is 4.74 Å². The molecule has 0 aromatic rings. The number of hydrogen-bond acceptors (Lipinski definition) is 3. The van der Waals surface area contributed by atoms with Crippen molar-refractivity contribution in [2.24, 2.45) is 0 Å². The number of hydrogen-bond donors (Lipinski definition) is 1. The van der Waals surface area contributed by atoms with E-state index in [0.717, 1.165) is 39.1 Å². The van der Waals surface area contributed by atoms with Crippen LogP contribution in [0.5, 0.6) is 0 Å². The van der Waals surface area contributed by atoms with Gasteiger partial charge < -0.3 is 10.1 Å². The topological polar surface area (TPSA) is 24.5 Å². The Morgan fingerprint density at radius 1 is 1.44 bits per heavy atom. The molecule has 0 bridgehead atoms. The van der Waals surface area contributed by atoms with Crippen LogP contribution in [0, 0.1) is 0 Å². The second-order valence-corrected chi connectivity index (χ2v) is 4.96. The van der Waals surface area contributed by atoms with Crippen LogP contribution in [0.3, 0.4) is 0 Å².